The second-order valence-electron chi connectivity index (χ2n) is 4.78. The lowest BCUT2D eigenvalue weighted by atomic mass is 10.1. The normalized spacial score (nSPS) is 12.4. The monoisotopic (exact) mass is 287 g/mol. The van der Waals surface area contributed by atoms with Gasteiger partial charge in [0.05, 0.1) is 5.02 Å². The predicted octanol–water partition coefficient (Wildman–Crippen LogP) is 4.42. The molecule has 108 valence electrons. The molecule has 0 saturated carbocycles. The average molecular weight is 288 g/mol. The molecule has 0 radical (unpaired) electrons. The molecular weight excluding hydrogens is 265 g/mol. The van der Waals surface area contributed by atoms with E-state index in [1.807, 2.05) is 0 Å². The van der Waals surface area contributed by atoms with Gasteiger partial charge in [-0.15, -0.1) is 0 Å². The van der Waals surface area contributed by atoms with E-state index in [2.05, 4.69) is 19.2 Å². The molecule has 0 fully saturated rings. The van der Waals surface area contributed by atoms with E-state index in [-0.39, 0.29) is 5.02 Å². The van der Waals surface area contributed by atoms with Crippen LogP contribution < -0.4 is 10.1 Å². The van der Waals surface area contributed by atoms with Crippen molar-refractivity contribution < 1.29 is 9.13 Å². The van der Waals surface area contributed by atoms with Crippen molar-refractivity contribution in [3.63, 3.8) is 0 Å². The van der Waals surface area contributed by atoms with Gasteiger partial charge in [-0.2, -0.15) is 0 Å². The van der Waals surface area contributed by atoms with Crippen molar-refractivity contribution in [1.82, 2.24) is 5.32 Å². The number of rotatable bonds is 9. The van der Waals surface area contributed by atoms with Crippen LogP contribution in [0.4, 0.5) is 4.39 Å². The Labute approximate surface area is 120 Å². The first-order valence-corrected chi connectivity index (χ1v) is 7.32. The minimum absolute atomic E-state index is 0.120. The van der Waals surface area contributed by atoms with Crippen LogP contribution in [0.5, 0.6) is 5.75 Å². The molecule has 1 rings (SSSR count). The van der Waals surface area contributed by atoms with Gasteiger partial charge in [-0.05, 0) is 25.5 Å². The van der Waals surface area contributed by atoms with Gasteiger partial charge in [0, 0.05) is 18.7 Å². The van der Waals surface area contributed by atoms with E-state index in [1.54, 1.807) is 6.07 Å². The van der Waals surface area contributed by atoms with Crippen molar-refractivity contribution in [2.75, 3.05) is 13.2 Å². The van der Waals surface area contributed by atoms with E-state index >= 15 is 0 Å². The highest BCUT2D eigenvalue weighted by Crippen LogP contribution is 2.20. The number of hydrogen-bond donors (Lipinski definition) is 1. The zero-order chi connectivity index (χ0) is 14.1. The molecule has 0 aliphatic carbocycles. The molecule has 0 heterocycles. The molecule has 1 atom stereocenters. The Morgan fingerprint density at radius 2 is 2.16 bits per heavy atom. The summed E-state index contributed by atoms with van der Waals surface area (Å²) in [6, 6.07) is 4.99. The van der Waals surface area contributed by atoms with Crippen molar-refractivity contribution in [2.45, 2.75) is 45.6 Å². The Morgan fingerprint density at radius 3 is 2.84 bits per heavy atom. The van der Waals surface area contributed by atoms with Crippen LogP contribution in [0.15, 0.2) is 18.2 Å². The van der Waals surface area contributed by atoms with Crippen molar-refractivity contribution in [2.24, 2.45) is 0 Å². The van der Waals surface area contributed by atoms with Crippen molar-refractivity contribution in [3.8, 4) is 5.75 Å². The molecular formula is C15H23ClFNO. The molecule has 0 bridgehead atoms. The molecule has 1 aromatic carbocycles. The third-order valence-corrected chi connectivity index (χ3v) is 3.30. The lowest BCUT2D eigenvalue weighted by Gasteiger charge is -2.14. The second kappa shape index (κ2) is 9.16. The van der Waals surface area contributed by atoms with Gasteiger partial charge in [0.2, 0.25) is 0 Å². The van der Waals surface area contributed by atoms with Crippen LogP contribution in [0.3, 0.4) is 0 Å². The summed E-state index contributed by atoms with van der Waals surface area (Å²) in [5.41, 5.74) is 0. The van der Waals surface area contributed by atoms with Gasteiger partial charge in [0.1, 0.15) is 18.2 Å². The molecule has 0 spiro atoms. The Hall–Kier alpha value is -0.800. The molecule has 0 aromatic heterocycles. The van der Waals surface area contributed by atoms with Crippen LogP contribution >= 0.6 is 11.6 Å². The van der Waals surface area contributed by atoms with Crippen molar-refractivity contribution >= 4 is 11.6 Å². The summed E-state index contributed by atoms with van der Waals surface area (Å²) in [5.74, 6) is 0.0717. The first-order chi connectivity index (χ1) is 9.13. The standard InChI is InChI=1S/C15H23ClFNO/c1-3-4-5-6-12(2)18-9-10-19-13-7-8-14(16)15(17)11-13/h7-8,11-12,18H,3-6,9-10H2,1-2H3. The van der Waals surface area contributed by atoms with E-state index in [9.17, 15) is 4.39 Å². The molecule has 1 unspecified atom stereocenters. The van der Waals surface area contributed by atoms with Gasteiger partial charge in [0.15, 0.2) is 0 Å². The van der Waals surface area contributed by atoms with Crippen LogP contribution in [0.1, 0.15) is 39.5 Å². The Bertz CT molecular complexity index is 373. The largest absolute Gasteiger partial charge is 0.492 e. The molecule has 0 aliphatic heterocycles. The zero-order valence-electron chi connectivity index (χ0n) is 11.7. The van der Waals surface area contributed by atoms with Gasteiger partial charge < -0.3 is 10.1 Å². The van der Waals surface area contributed by atoms with Crippen LogP contribution in [-0.4, -0.2) is 19.2 Å². The molecule has 0 amide bonds. The third kappa shape index (κ3) is 6.79. The van der Waals surface area contributed by atoms with E-state index in [1.165, 1.54) is 37.8 Å². The summed E-state index contributed by atoms with van der Waals surface area (Å²) in [4.78, 5) is 0. The Balaban J connectivity index is 2.14. The van der Waals surface area contributed by atoms with Gasteiger partial charge in [-0.3, -0.25) is 0 Å². The highest BCUT2D eigenvalue weighted by Gasteiger charge is 2.03. The maximum atomic E-state index is 13.2. The number of halogens is 2. The quantitative estimate of drug-likeness (QED) is 0.679. The molecule has 2 nitrogen and oxygen atoms in total. The minimum atomic E-state index is -0.444. The molecule has 19 heavy (non-hydrogen) atoms. The first-order valence-electron chi connectivity index (χ1n) is 6.94. The van der Waals surface area contributed by atoms with Crippen molar-refractivity contribution in [1.29, 1.82) is 0 Å². The lowest BCUT2D eigenvalue weighted by Crippen LogP contribution is -2.30. The topological polar surface area (TPSA) is 21.3 Å². The maximum Gasteiger partial charge on any atom is 0.145 e. The van der Waals surface area contributed by atoms with E-state index in [0.717, 1.165) is 6.54 Å². The van der Waals surface area contributed by atoms with Crippen LogP contribution in [0, 0.1) is 5.82 Å². The van der Waals surface area contributed by atoms with Crippen molar-refractivity contribution in [3.05, 3.63) is 29.0 Å². The SMILES string of the molecule is CCCCCC(C)NCCOc1ccc(Cl)c(F)c1. The summed E-state index contributed by atoms with van der Waals surface area (Å²) in [5, 5.41) is 3.51. The highest BCUT2D eigenvalue weighted by atomic mass is 35.5. The first kappa shape index (κ1) is 16.3. The third-order valence-electron chi connectivity index (χ3n) is 3.00. The fourth-order valence-electron chi connectivity index (χ4n) is 1.84. The predicted molar refractivity (Wildman–Crippen MR) is 78.5 cm³/mol. The maximum absolute atomic E-state index is 13.2. The number of benzene rings is 1. The lowest BCUT2D eigenvalue weighted by molar-refractivity contribution is 0.303. The molecule has 0 saturated heterocycles. The Morgan fingerprint density at radius 1 is 1.37 bits per heavy atom. The fraction of sp³-hybridized carbons (Fsp3) is 0.600. The van der Waals surface area contributed by atoms with E-state index in [4.69, 9.17) is 16.3 Å². The van der Waals surface area contributed by atoms with E-state index in [0.29, 0.717) is 18.4 Å². The van der Waals surface area contributed by atoms with E-state index < -0.39 is 5.82 Å². The van der Waals surface area contributed by atoms with Gasteiger partial charge >= 0.3 is 0 Å². The molecule has 0 aliphatic rings. The summed E-state index contributed by atoms with van der Waals surface area (Å²) >= 11 is 5.60. The zero-order valence-corrected chi connectivity index (χ0v) is 12.5. The second-order valence-corrected chi connectivity index (χ2v) is 5.18. The molecule has 1 N–H and O–H groups in total. The average Bonchev–Trinajstić information content (AvgIpc) is 2.39. The smallest absolute Gasteiger partial charge is 0.145 e. The van der Waals surface area contributed by atoms with Crippen LogP contribution in [0.2, 0.25) is 5.02 Å². The number of hydrogen-bond acceptors (Lipinski definition) is 2. The summed E-state index contributed by atoms with van der Waals surface area (Å²) in [7, 11) is 0. The summed E-state index contributed by atoms with van der Waals surface area (Å²) in [6.45, 7) is 5.67. The molecule has 1 aromatic rings. The van der Waals surface area contributed by atoms with Gasteiger partial charge in [-0.1, -0.05) is 37.8 Å². The number of nitrogens with one attached hydrogen (secondary N) is 1. The fourth-order valence-corrected chi connectivity index (χ4v) is 1.96. The van der Waals surface area contributed by atoms with Crippen LogP contribution in [0.25, 0.3) is 0 Å². The highest BCUT2D eigenvalue weighted by molar-refractivity contribution is 6.30. The summed E-state index contributed by atoms with van der Waals surface area (Å²) in [6.07, 6.45) is 4.97. The van der Waals surface area contributed by atoms with Crippen LogP contribution in [-0.2, 0) is 0 Å². The number of unbranched alkanes of at least 4 members (excludes halogenated alkanes) is 2. The van der Waals surface area contributed by atoms with Gasteiger partial charge in [0.25, 0.3) is 0 Å². The summed E-state index contributed by atoms with van der Waals surface area (Å²) < 4.78 is 18.6. The van der Waals surface area contributed by atoms with Gasteiger partial charge in [-0.25, -0.2) is 4.39 Å². The Kier molecular flexibility index (Phi) is 7.84. The number of ether oxygens (including phenoxy) is 1. The molecule has 4 heteroatoms. The minimum Gasteiger partial charge on any atom is -0.492 e.